The average Bonchev–Trinajstić information content (AvgIpc) is 2.88. The lowest BCUT2D eigenvalue weighted by atomic mass is 10.1. The zero-order chi connectivity index (χ0) is 26.5. The molecule has 37 heavy (non-hydrogen) atoms. The van der Waals surface area contributed by atoms with Crippen LogP contribution in [-0.2, 0) is 11.3 Å². The van der Waals surface area contributed by atoms with Gasteiger partial charge in [-0.1, -0.05) is 112 Å². The highest BCUT2D eigenvalue weighted by molar-refractivity contribution is 7.00. The fourth-order valence-electron chi connectivity index (χ4n) is 4.82. The van der Waals surface area contributed by atoms with Crippen molar-refractivity contribution < 1.29 is 19.1 Å². The van der Waals surface area contributed by atoms with Crippen LogP contribution < -0.4 is 14.8 Å². The van der Waals surface area contributed by atoms with Crippen molar-refractivity contribution >= 4 is 24.5 Å². The largest absolute Gasteiger partial charge is 0.533 e. The molecule has 0 unspecified atom stereocenters. The summed E-state index contributed by atoms with van der Waals surface area (Å²) in [5.41, 5.74) is 1.95. The van der Waals surface area contributed by atoms with Crippen molar-refractivity contribution in [3.05, 3.63) is 120 Å². The fraction of sp³-hybridized carbons (Fsp3) is 0.219. The molecule has 0 atom stereocenters. The van der Waals surface area contributed by atoms with Crippen molar-refractivity contribution in [2.75, 3.05) is 6.61 Å². The molecule has 0 amide bonds. The van der Waals surface area contributed by atoms with Gasteiger partial charge in [-0.2, -0.15) is 0 Å². The van der Waals surface area contributed by atoms with Crippen LogP contribution in [0.5, 0.6) is 11.5 Å². The van der Waals surface area contributed by atoms with Gasteiger partial charge in [-0.15, -0.1) is 0 Å². The van der Waals surface area contributed by atoms with Crippen LogP contribution in [0.2, 0.25) is 5.04 Å². The first kappa shape index (κ1) is 26.4. The Morgan fingerprint density at radius 3 is 1.84 bits per heavy atom. The van der Waals surface area contributed by atoms with Gasteiger partial charge < -0.3 is 14.3 Å². The quantitative estimate of drug-likeness (QED) is 0.220. The number of ketones is 1. The maximum atomic E-state index is 13.4. The van der Waals surface area contributed by atoms with Crippen molar-refractivity contribution in [3.8, 4) is 11.5 Å². The SMILES string of the molecule is Cc1cc(O)c(C(=O)COCc2ccccc2)c(O[Si](c2ccccc2)(c2ccccc2)C(C)(C)C)c1. The number of benzene rings is 4. The van der Waals surface area contributed by atoms with Gasteiger partial charge >= 0.3 is 8.32 Å². The number of rotatable bonds is 9. The second-order valence-corrected chi connectivity index (χ2v) is 14.5. The summed E-state index contributed by atoms with van der Waals surface area (Å²) >= 11 is 0. The van der Waals surface area contributed by atoms with Gasteiger partial charge in [-0.05, 0) is 45.6 Å². The standard InChI is InChI=1S/C32H34O4Si/c1-24-20-28(33)31(29(34)23-35-22-25-14-8-5-9-15-25)30(21-24)36-37(32(2,3)4,26-16-10-6-11-17-26)27-18-12-7-13-19-27/h5-21,33H,22-23H2,1-4H3. The number of phenolic OH excluding ortho intramolecular Hbond substituents is 1. The van der Waals surface area contributed by atoms with E-state index in [-0.39, 0.29) is 28.7 Å². The Bertz CT molecular complexity index is 1290. The average molecular weight is 511 g/mol. The van der Waals surface area contributed by atoms with Crippen LogP contribution in [0.15, 0.2) is 103 Å². The Balaban J connectivity index is 1.78. The number of ether oxygens (including phenoxy) is 1. The second kappa shape index (κ2) is 11.2. The van der Waals surface area contributed by atoms with E-state index in [1.165, 1.54) is 0 Å². The minimum Gasteiger partial charge on any atom is -0.533 e. The summed E-state index contributed by atoms with van der Waals surface area (Å²) in [6, 6.07) is 33.6. The summed E-state index contributed by atoms with van der Waals surface area (Å²) in [6.45, 7) is 8.57. The van der Waals surface area contributed by atoms with Gasteiger partial charge in [0, 0.05) is 0 Å². The first-order valence-corrected chi connectivity index (χ1v) is 14.4. The van der Waals surface area contributed by atoms with Crippen molar-refractivity contribution in [2.45, 2.75) is 39.3 Å². The van der Waals surface area contributed by atoms with Crippen LogP contribution in [0.4, 0.5) is 0 Å². The fourth-order valence-corrected chi connectivity index (χ4v) is 9.24. The number of carbonyl (C=O) groups is 1. The third kappa shape index (κ3) is 5.68. The van der Waals surface area contributed by atoms with Crippen LogP contribution in [0.1, 0.15) is 42.3 Å². The lowest BCUT2D eigenvalue weighted by Gasteiger charge is -2.43. The molecule has 0 fully saturated rings. The number of aryl methyl sites for hydroxylation is 1. The van der Waals surface area contributed by atoms with Crippen molar-refractivity contribution in [2.24, 2.45) is 0 Å². The molecule has 5 heteroatoms. The molecule has 0 radical (unpaired) electrons. The van der Waals surface area contributed by atoms with Crippen LogP contribution in [0.3, 0.4) is 0 Å². The topological polar surface area (TPSA) is 55.8 Å². The maximum Gasteiger partial charge on any atom is 0.319 e. The molecule has 0 aliphatic heterocycles. The molecular formula is C32H34O4Si. The molecule has 4 aromatic carbocycles. The predicted octanol–water partition coefficient (Wildman–Crippen LogP) is 6.04. The van der Waals surface area contributed by atoms with E-state index in [0.29, 0.717) is 12.4 Å². The molecule has 0 bridgehead atoms. The Morgan fingerprint density at radius 1 is 0.811 bits per heavy atom. The van der Waals surface area contributed by atoms with Gasteiger partial charge in [0.1, 0.15) is 23.7 Å². The number of hydrogen-bond donors (Lipinski definition) is 1. The van der Waals surface area contributed by atoms with Gasteiger partial charge in [-0.3, -0.25) is 4.79 Å². The third-order valence-corrected chi connectivity index (χ3v) is 11.5. The molecule has 1 N–H and O–H groups in total. The zero-order valence-corrected chi connectivity index (χ0v) is 22.9. The monoisotopic (exact) mass is 510 g/mol. The smallest absolute Gasteiger partial charge is 0.319 e. The van der Waals surface area contributed by atoms with E-state index in [2.05, 4.69) is 45.0 Å². The van der Waals surface area contributed by atoms with Gasteiger partial charge in [0.25, 0.3) is 0 Å². The molecule has 0 saturated carbocycles. The Hall–Kier alpha value is -3.67. The molecule has 0 spiro atoms. The molecule has 4 rings (SSSR count). The lowest BCUT2D eigenvalue weighted by molar-refractivity contribution is 0.0722. The van der Waals surface area contributed by atoms with Crippen LogP contribution in [0.25, 0.3) is 0 Å². The Morgan fingerprint density at radius 2 is 1.32 bits per heavy atom. The summed E-state index contributed by atoms with van der Waals surface area (Å²) in [5, 5.41) is 12.8. The van der Waals surface area contributed by atoms with Gasteiger partial charge in [-0.25, -0.2) is 0 Å². The minimum absolute atomic E-state index is 0.0961. The van der Waals surface area contributed by atoms with Crippen molar-refractivity contribution in [1.82, 2.24) is 0 Å². The number of phenols is 1. The van der Waals surface area contributed by atoms with E-state index in [9.17, 15) is 9.90 Å². The summed E-state index contributed by atoms with van der Waals surface area (Å²) in [4.78, 5) is 13.4. The predicted molar refractivity (Wildman–Crippen MR) is 152 cm³/mol. The summed E-state index contributed by atoms with van der Waals surface area (Å²) in [5.74, 6) is -0.0253. The van der Waals surface area contributed by atoms with Crippen molar-refractivity contribution in [1.29, 1.82) is 0 Å². The van der Waals surface area contributed by atoms with Gasteiger partial charge in [0.05, 0.1) is 6.61 Å². The summed E-state index contributed by atoms with van der Waals surface area (Å²) < 4.78 is 12.9. The summed E-state index contributed by atoms with van der Waals surface area (Å²) in [6.07, 6.45) is 0. The van der Waals surface area contributed by atoms with Gasteiger partial charge in [0.2, 0.25) is 0 Å². The van der Waals surface area contributed by atoms with Crippen LogP contribution in [0, 0.1) is 6.92 Å². The van der Waals surface area contributed by atoms with Crippen LogP contribution >= 0.6 is 0 Å². The van der Waals surface area contributed by atoms with Crippen molar-refractivity contribution in [3.63, 3.8) is 0 Å². The molecule has 0 aliphatic rings. The molecule has 0 heterocycles. The molecule has 0 aromatic heterocycles. The zero-order valence-electron chi connectivity index (χ0n) is 21.9. The molecule has 4 aromatic rings. The Labute approximate surface area is 220 Å². The highest BCUT2D eigenvalue weighted by Gasteiger charge is 2.52. The lowest BCUT2D eigenvalue weighted by Crippen LogP contribution is -2.69. The van der Waals surface area contributed by atoms with Crippen LogP contribution in [-0.4, -0.2) is 25.8 Å². The highest BCUT2D eigenvalue weighted by Crippen LogP contribution is 2.40. The number of hydrogen-bond acceptors (Lipinski definition) is 4. The normalized spacial score (nSPS) is 11.8. The molecule has 0 aliphatic carbocycles. The van der Waals surface area contributed by atoms with E-state index >= 15 is 0 Å². The number of Topliss-reactive ketones (excluding diaryl/α,β-unsaturated/α-hetero) is 1. The van der Waals surface area contributed by atoms with E-state index in [4.69, 9.17) is 9.16 Å². The molecule has 190 valence electrons. The van der Waals surface area contributed by atoms with E-state index in [1.807, 2.05) is 79.7 Å². The number of carbonyl (C=O) groups excluding carboxylic acids is 1. The molecule has 0 saturated heterocycles. The Kier molecular flexibility index (Phi) is 7.96. The molecule has 4 nitrogen and oxygen atoms in total. The van der Waals surface area contributed by atoms with Gasteiger partial charge in [0.15, 0.2) is 5.78 Å². The second-order valence-electron chi connectivity index (χ2n) is 10.3. The van der Waals surface area contributed by atoms with E-state index < -0.39 is 8.32 Å². The first-order chi connectivity index (χ1) is 17.7. The maximum absolute atomic E-state index is 13.4. The van der Waals surface area contributed by atoms with E-state index in [0.717, 1.165) is 21.5 Å². The number of aromatic hydroxyl groups is 1. The molecular weight excluding hydrogens is 476 g/mol. The van der Waals surface area contributed by atoms with E-state index in [1.54, 1.807) is 6.07 Å². The first-order valence-electron chi connectivity index (χ1n) is 12.5. The summed E-state index contributed by atoms with van der Waals surface area (Å²) in [7, 11) is -3.00. The highest BCUT2D eigenvalue weighted by atomic mass is 28.4. The minimum atomic E-state index is -3.00. The third-order valence-electron chi connectivity index (χ3n) is 6.53.